The molecule has 3 rings (SSSR count). The van der Waals surface area contributed by atoms with Crippen molar-refractivity contribution in [3.8, 4) is 16.5 Å². The van der Waals surface area contributed by atoms with E-state index in [1.807, 2.05) is 0 Å². The number of nitrogens with zero attached hydrogens (tertiary/aromatic N) is 1. The van der Waals surface area contributed by atoms with Crippen LogP contribution in [-0.2, 0) is 11.2 Å². The highest BCUT2D eigenvalue weighted by Crippen LogP contribution is 2.30. The summed E-state index contributed by atoms with van der Waals surface area (Å²) in [7, 11) is 0. The zero-order valence-corrected chi connectivity index (χ0v) is 15.1. The number of carbonyl (C=O) groups excluding carboxylic acids is 1. The second kappa shape index (κ2) is 8.01. The molecule has 0 aliphatic carbocycles. The number of aromatic nitrogens is 1. The Labute approximate surface area is 160 Å². The van der Waals surface area contributed by atoms with E-state index in [0.717, 1.165) is 0 Å². The second-order valence-electron chi connectivity index (χ2n) is 5.39. The lowest BCUT2D eigenvalue weighted by Gasteiger charge is -2.14. The van der Waals surface area contributed by atoms with Crippen LogP contribution in [0, 0.1) is 0 Å². The van der Waals surface area contributed by atoms with E-state index in [2.05, 4.69) is 10.3 Å². The molecule has 2 heterocycles. The topological polar surface area (TPSA) is 64.4 Å². The SMILES string of the molecule is O=C(Cc1csc(-c2ccco2)n1)Nc1cc(Cl)ccc1OCC(F)(F)F. The Hall–Kier alpha value is -2.52. The van der Waals surface area contributed by atoms with Crippen LogP contribution in [0.1, 0.15) is 5.69 Å². The Morgan fingerprint density at radius 2 is 2.15 bits per heavy atom. The van der Waals surface area contributed by atoms with E-state index in [1.54, 1.807) is 17.5 Å². The van der Waals surface area contributed by atoms with E-state index in [0.29, 0.717) is 16.5 Å². The van der Waals surface area contributed by atoms with Gasteiger partial charge in [-0.2, -0.15) is 13.2 Å². The lowest BCUT2D eigenvalue weighted by molar-refractivity contribution is -0.153. The van der Waals surface area contributed by atoms with Crippen LogP contribution in [0.2, 0.25) is 5.02 Å². The summed E-state index contributed by atoms with van der Waals surface area (Å²) in [5.74, 6) is -0.00520. The molecule has 0 saturated carbocycles. The van der Waals surface area contributed by atoms with Gasteiger partial charge < -0.3 is 14.5 Å². The number of halogens is 4. The Bertz CT molecular complexity index is 926. The molecule has 1 aromatic carbocycles. The molecule has 0 bridgehead atoms. The summed E-state index contributed by atoms with van der Waals surface area (Å²) in [6, 6.07) is 7.44. The molecule has 0 aliphatic rings. The molecule has 27 heavy (non-hydrogen) atoms. The monoisotopic (exact) mass is 416 g/mol. The Morgan fingerprint density at radius 1 is 1.33 bits per heavy atom. The van der Waals surface area contributed by atoms with E-state index in [-0.39, 0.29) is 22.9 Å². The number of rotatable bonds is 6. The lowest BCUT2D eigenvalue weighted by atomic mass is 10.2. The van der Waals surface area contributed by atoms with E-state index in [9.17, 15) is 18.0 Å². The molecule has 1 amide bonds. The Morgan fingerprint density at radius 3 is 2.85 bits per heavy atom. The Kier molecular flexibility index (Phi) is 5.71. The van der Waals surface area contributed by atoms with E-state index in [1.165, 1.54) is 35.8 Å². The predicted octanol–water partition coefficient (Wildman–Crippen LogP) is 5.18. The summed E-state index contributed by atoms with van der Waals surface area (Å²) in [5, 5.41) is 5.08. The fourth-order valence-corrected chi connectivity index (χ4v) is 3.10. The fraction of sp³-hybridized carbons (Fsp3) is 0.176. The van der Waals surface area contributed by atoms with Crippen molar-refractivity contribution in [3.05, 3.63) is 52.7 Å². The van der Waals surface area contributed by atoms with E-state index < -0.39 is 18.7 Å². The third kappa shape index (κ3) is 5.48. The molecule has 0 spiro atoms. The van der Waals surface area contributed by atoms with Crippen molar-refractivity contribution in [2.45, 2.75) is 12.6 Å². The quantitative estimate of drug-likeness (QED) is 0.601. The van der Waals surface area contributed by atoms with Crippen molar-refractivity contribution < 1.29 is 27.1 Å². The summed E-state index contributed by atoms with van der Waals surface area (Å²) in [5.41, 5.74) is 0.557. The van der Waals surface area contributed by atoms with E-state index >= 15 is 0 Å². The van der Waals surface area contributed by atoms with Gasteiger partial charge in [0.25, 0.3) is 0 Å². The first-order valence-electron chi connectivity index (χ1n) is 7.57. The average Bonchev–Trinajstić information content (AvgIpc) is 3.24. The zero-order valence-electron chi connectivity index (χ0n) is 13.5. The highest BCUT2D eigenvalue weighted by Gasteiger charge is 2.29. The molecule has 1 N–H and O–H groups in total. The number of thiazole rings is 1. The van der Waals surface area contributed by atoms with Crippen molar-refractivity contribution >= 4 is 34.5 Å². The maximum atomic E-state index is 12.4. The van der Waals surface area contributed by atoms with Gasteiger partial charge in [-0.3, -0.25) is 4.79 Å². The fourth-order valence-electron chi connectivity index (χ4n) is 2.15. The van der Waals surface area contributed by atoms with Crippen LogP contribution in [0.5, 0.6) is 5.75 Å². The summed E-state index contributed by atoms with van der Waals surface area (Å²) < 4.78 is 47.1. The van der Waals surface area contributed by atoms with Crippen LogP contribution in [0.3, 0.4) is 0 Å². The van der Waals surface area contributed by atoms with Gasteiger partial charge in [0.15, 0.2) is 17.4 Å². The highest BCUT2D eigenvalue weighted by atomic mass is 35.5. The molecule has 0 saturated heterocycles. The number of benzene rings is 1. The van der Waals surface area contributed by atoms with Crippen molar-refractivity contribution in [1.82, 2.24) is 4.98 Å². The lowest BCUT2D eigenvalue weighted by Crippen LogP contribution is -2.21. The third-order valence-electron chi connectivity index (χ3n) is 3.23. The number of nitrogens with one attached hydrogen (secondary N) is 1. The predicted molar refractivity (Wildman–Crippen MR) is 95.2 cm³/mol. The van der Waals surface area contributed by atoms with Gasteiger partial charge in [0.05, 0.1) is 24.1 Å². The molecule has 5 nitrogen and oxygen atoms in total. The molecule has 0 aliphatic heterocycles. The van der Waals surface area contributed by atoms with Gasteiger partial charge in [-0.1, -0.05) is 11.6 Å². The minimum atomic E-state index is -4.50. The van der Waals surface area contributed by atoms with Gasteiger partial charge in [0.1, 0.15) is 5.75 Å². The van der Waals surface area contributed by atoms with Crippen LogP contribution >= 0.6 is 22.9 Å². The largest absolute Gasteiger partial charge is 0.482 e. The number of furan rings is 1. The van der Waals surface area contributed by atoms with Crippen LogP contribution in [-0.4, -0.2) is 23.7 Å². The van der Waals surface area contributed by atoms with Crippen molar-refractivity contribution in [2.24, 2.45) is 0 Å². The third-order valence-corrected chi connectivity index (χ3v) is 4.37. The van der Waals surface area contributed by atoms with Crippen molar-refractivity contribution in [3.63, 3.8) is 0 Å². The summed E-state index contributed by atoms with van der Waals surface area (Å²) in [6.45, 7) is -1.48. The van der Waals surface area contributed by atoms with Crippen LogP contribution in [0.15, 0.2) is 46.4 Å². The van der Waals surface area contributed by atoms with Gasteiger partial charge in [-0.05, 0) is 30.3 Å². The number of ether oxygens (including phenoxy) is 1. The summed E-state index contributed by atoms with van der Waals surface area (Å²) in [4.78, 5) is 16.6. The van der Waals surface area contributed by atoms with Gasteiger partial charge in [0, 0.05) is 10.4 Å². The number of carbonyl (C=O) groups is 1. The molecule has 0 fully saturated rings. The number of amides is 1. The zero-order chi connectivity index (χ0) is 19.4. The Balaban J connectivity index is 1.67. The van der Waals surface area contributed by atoms with E-state index in [4.69, 9.17) is 20.8 Å². The van der Waals surface area contributed by atoms with Crippen molar-refractivity contribution in [2.75, 3.05) is 11.9 Å². The maximum Gasteiger partial charge on any atom is 0.422 e. The number of hydrogen-bond acceptors (Lipinski definition) is 5. The van der Waals surface area contributed by atoms with Crippen LogP contribution in [0.25, 0.3) is 10.8 Å². The minimum Gasteiger partial charge on any atom is -0.482 e. The molecule has 3 aromatic rings. The first kappa shape index (κ1) is 19.2. The highest BCUT2D eigenvalue weighted by molar-refractivity contribution is 7.13. The summed E-state index contributed by atoms with van der Waals surface area (Å²) >= 11 is 7.18. The summed E-state index contributed by atoms with van der Waals surface area (Å²) in [6.07, 6.45) is -3.04. The molecule has 2 aromatic heterocycles. The molecule has 0 atom stereocenters. The first-order valence-corrected chi connectivity index (χ1v) is 8.83. The smallest absolute Gasteiger partial charge is 0.422 e. The van der Waals surface area contributed by atoms with Gasteiger partial charge in [-0.15, -0.1) is 11.3 Å². The number of anilines is 1. The van der Waals surface area contributed by atoms with Crippen LogP contribution < -0.4 is 10.1 Å². The first-order chi connectivity index (χ1) is 12.8. The molecule has 142 valence electrons. The number of alkyl halides is 3. The molecule has 10 heteroatoms. The molecular formula is C17H12ClF3N2O3S. The van der Waals surface area contributed by atoms with Crippen molar-refractivity contribution in [1.29, 1.82) is 0 Å². The van der Waals surface area contributed by atoms with Crippen LogP contribution in [0.4, 0.5) is 18.9 Å². The minimum absolute atomic E-state index is 0.0539. The number of hydrogen-bond donors (Lipinski definition) is 1. The average molecular weight is 417 g/mol. The molecule has 0 radical (unpaired) electrons. The normalized spacial score (nSPS) is 11.4. The van der Waals surface area contributed by atoms with Gasteiger partial charge in [-0.25, -0.2) is 4.98 Å². The standard InChI is InChI=1S/C17H12ClF3N2O3S/c18-10-3-4-13(26-9-17(19,20)21)12(6-10)23-15(24)7-11-8-27-16(22-11)14-2-1-5-25-14/h1-6,8H,7,9H2,(H,23,24). The molecular weight excluding hydrogens is 405 g/mol. The van der Waals surface area contributed by atoms with Gasteiger partial charge in [0.2, 0.25) is 5.91 Å². The van der Waals surface area contributed by atoms with Gasteiger partial charge >= 0.3 is 6.18 Å². The maximum absolute atomic E-state index is 12.4. The molecule has 0 unspecified atom stereocenters. The second-order valence-corrected chi connectivity index (χ2v) is 6.69.